The van der Waals surface area contributed by atoms with Gasteiger partial charge >= 0.3 is 6.01 Å². The van der Waals surface area contributed by atoms with E-state index in [9.17, 15) is 0 Å². The predicted molar refractivity (Wildman–Crippen MR) is 153 cm³/mol. The summed E-state index contributed by atoms with van der Waals surface area (Å²) in [5.74, 6) is 1.27. The Labute approximate surface area is 225 Å². The SMILES string of the molecule is c1ccc(-n2cnc3c(Nc4ccc(N5CCOCC5)cc4)nc(Oc4cccc5ccccc45)nc32)cc1. The Kier molecular flexibility index (Phi) is 5.99. The van der Waals surface area contributed by atoms with Gasteiger partial charge in [-0.05, 0) is 47.9 Å². The van der Waals surface area contributed by atoms with Gasteiger partial charge in [-0.1, -0.05) is 54.6 Å². The third-order valence-corrected chi connectivity index (χ3v) is 6.87. The molecule has 1 N–H and O–H groups in total. The minimum absolute atomic E-state index is 0.240. The molecule has 8 heteroatoms. The Balaban J connectivity index is 1.28. The van der Waals surface area contributed by atoms with Crippen molar-refractivity contribution in [3.05, 3.63) is 103 Å². The highest BCUT2D eigenvalue weighted by Crippen LogP contribution is 2.32. The van der Waals surface area contributed by atoms with E-state index in [0.717, 1.165) is 48.5 Å². The average molecular weight is 515 g/mol. The third kappa shape index (κ3) is 4.62. The molecule has 6 aromatic rings. The van der Waals surface area contributed by atoms with Crippen LogP contribution in [0.1, 0.15) is 0 Å². The molecular weight excluding hydrogens is 488 g/mol. The number of para-hydroxylation sites is 1. The maximum atomic E-state index is 6.31. The van der Waals surface area contributed by atoms with Gasteiger partial charge in [0, 0.05) is 35.5 Å². The monoisotopic (exact) mass is 514 g/mol. The van der Waals surface area contributed by atoms with Gasteiger partial charge in [0.15, 0.2) is 17.0 Å². The lowest BCUT2D eigenvalue weighted by molar-refractivity contribution is 0.122. The van der Waals surface area contributed by atoms with Gasteiger partial charge in [-0.2, -0.15) is 9.97 Å². The van der Waals surface area contributed by atoms with Gasteiger partial charge in [0.05, 0.1) is 13.2 Å². The molecule has 0 atom stereocenters. The molecule has 39 heavy (non-hydrogen) atoms. The van der Waals surface area contributed by atoms with Gasteiger partial charge < -0.3 is 19.7 Å². The van der Waals surface area contributed by atoms with Crippen molar-refractivity contribution < 1.29 is 9.47 Å². The molecule has 0 bridgehead atoms. The van der Waals surface area contributed by atoms with Crippen LogP contribution in [-0.4, -0.2) is 45.8 Å². The summed E-state index contributed by atoms with van der Waals surface area (Å²) in [6.45, 7) is 3.29. The molecular formula is C31H26N6O2. The second-order valence-corrected chi connectivity index (χ2v) is 9.33. The lowest BCUT2D eigenvalue weighted by Crippen LogP contribution is -2.36. The molecule has 8 nitrogen and oxygen atoms in total. The van der Waals surface area contributed by atoms with E-state index >= 15 is 0 Å². The van der Waals surface area contributed by atoms with E-state index < -0.39 is 0 Å². The fraction of sp³-hybridized carbons (Fsp3) is 0.129. The van der Waals surface area contributed by atoms with E-state index in [4.69, 9.17) is 19.4 Å². The largest absolute Gasteiger partial charge is 0.424 e. The van der Waals surface area contributed by atoms with Crippen molar-refractivity contribution >= 4 is 39.1 Å². The molecule has 0 unspecified atom stereocenters. The second kappa shape index (κ2) is 10.1. The summed E-state index contributed by atoms with van der Waals surface area (Å²) in [5.41, 5.74) is 4.33. The molecule has 192 valence electrons. The lowest BCUT2D eigenvalue weighted by Gasteiger charge is -2.28. The number of nitrogens with one attached hydrogen (secondary N) is 1. The van der Waals surface area contributed by atoms with Gasteiger partial charge in [-0.15, -0.1) is 0 Å². The number of hydrogen-bond donors (Lipinski definition) is 1. The van der Waals surface area contributed by atoms with E-state index in [1.807, 2.05) is 65.2 Å². The molecule has 7 rings (SSSR count). The van der Waals surface area contributed by atoms with Crippen LogP contribution in [0.4, 0.5) is 17.2 Å². The first kappa shape index (κ1) is 23.2. The maximum absolute atomic E-state index is 6.31. The summed E-state index contributed by atoms with van der Waals surface area (Å²) in [4.78, 5) is 16.6. The molecule has 0 spiro atoms. The maximum Gasteiger partial charge on any atom is 0.326 e. The quantitative estimate of drug-likeness (QED) is 0.278. The van der Waals surface area contributed by atoms with Crippen molar-refractivity contribution in [1.29, 1.82) is 0 Å². The van der Waals surface area contributed by atoms with Crippen LogP contribution in [-0.2, 0) is 4.74 Å². The number of benzene rings is 4. The summed E-state index contributed by atoms with van der Waals surface area (Å²) in [6.07, 6.45) is 1.77. The van der Waals surface area contributed by atoms with Crippen molar-refractivity contribution in [1.82, 2.24) is 19.5 Å². The van der Waals surface area contributed by atoms with E-state index in [1.54, 1.807) is 6.33 Å². The molecule has 2 aromatic heterocycles. The normalized spacial score (nSPS) is 13.6. The third-order valence-electron chi connectivity index (χ3n) is 6.87. The smallest absolute Gasteiger partial charge is 0.326 e. The van der Waals surface area contributed by atoms with Crippen LogP contribution < -0.4 is 15.0 Å². The Hall–Kier alpha value is -4.95. The highest BCUT2D eigenvalue weighted by Gasteiger charge is 2.17. The molecule has 0 radical (unpaired) electrons. The Bertz CT molecular complexity index is 1740. The molecule has 4 aromatic carbocycles. The first-order chi connectivity index (χ1) is 19.3. The number of hydrogen-bond acceptors (Lipinski definition) is 7. The van der Waals surface area contributed by atoms with E-state index in [-0.39, 0.29) is 6.01 Å². The van der Waals surface area contributed by atoms with Crippen molar-refractivity contribution in [2.45, 2.75) is 0 Å². The zero-order valence-corrected chi connectivity index (χ0v) is 21.2. The number of fused-ring (bicyclic) bond motifs is 2. The number of imidazole rings is 1. The van der Waals surface area contributed by atoms with Gasteiger partial charge in [-0.3, -0.25) is 4.57 Å². The number of ether oxygens (including phenoxy) is 2. The van der Waals surface area contributed by atoms with E-state index in [2.05, 4.69) is 51.6 Å². The fourth-order valence-electron chi connectivity index (χ4n) is 4.89. The summed E-state index contributed by atoms with van der Waals surface area (Å²) in [6, 6.07) is 32.7. The molecule has 0 aliphatic carbocycles. The van der Waals surface area contributed by atoms with Gasteiger partial charge in [-0.25, -0.2) is 4.98 Å². The molecule has 0 saturated carbocycles. The lowest BCUT2D eigenvalue weighted by atomic mass is 10.1. The first-order valence-corrected chi connectivity index (χ1v) is 13.0. The fourth-order valence-corrected chi connectivity index (χ4v) is 4.89. The van der Waals surface area contributed by atoms with Crippen LogP contribution in [0.3, 0.4) is 0 Å². The van der Waals surface area contributed by atoms with Crippen molar-refractivity contribution in [3.63, 3.8) is 0 Å². The van der Waals surface area contributed by atoms with Crippen molar-refractivity contribution in [2.75, 3.05) is 36.5 Å². The van der Waals surface area contributed by atoms with Crippen LogP contribution in [0.15, 0.2) is 103 Å². The van der Waals surface area contributed by atoms with Crippen LogP contribution in [0.2, 0.25) is 0 Å². The van der Waals surface area contributed by atoms with Crippen LogP contribution >= 0.6 is 0 Å². The number of rotatable bonds is 6. The minimum atomic E-state index is 0.240. The highest BCUT2D eigenvalue weighted by molar-refractivity contribution is 5.89. The van der Waals surface area contributed by atoms with Crippen LogP contribution in [0, 0.1) is 0 Å². The minimum Gasteiger partial charge on any atom is -0.424 e. The predicted octanol–water partition coefficient (Wildman–Crippen LogP) is 6.34. The molecule has 1 fully saturated rings. The number of aromatic nitrogens is 4. The molecule has 3 heterocycles. The standard InChI is InChI=1S/C31H26N6O2/c1-2-9-25(10-3-1)37-21-32-28-29(33-23-13-15-24(16-14-23)36-17-19-38-20-18-36)34-31(35-30(28)37)39-27-12-6-8-22-7-4-5-11-26(22)27/h1-16,21H,17-20H2,(H,33,34,35). The average Bonchev–Trinajstić information content (AvgIpc) is 3.43. The van der Waals surface area contributed by atoms with Crippen molar-refractivity contribution in [3.8, 4) is 17.4 Å². The summed E-state index contributed by atoms with van der Waals surface area (Å²) in [5, 5.41) is 5.54. The van der Waals surface area contributed by atoms with Crippen LogP contribution in [0.5, 0.6) is 11.8 Å². The Morgan fingerprint density at radius 1 is 0.744 bits per heavy atom. The molecule has 1 saturated heterocycles. The zero-order valence-electron chi connectivity index (χ0n) is 21.2. The molecule has 0 amide bonds. The Morgan fingerprint density at radius 2 is 1.51 bits per heavy atom. The second-order valence-electron chi connectivity index (χ2n) is 9.33. The van der Waals surface area contributed by atoms with Gasteiger partial charge in [0.25, 0.3) is 0 Å². The number of anilines is 3. The number of nitrogens with zero attached hydrogens (tertiary/aromatic N) is 5. The first-order valence-electron chi connectivity index (χ1n) is 13.0. The van der Waals surface area contributed by atoms with Crippen molar-refractivity contribution in [2.24, 2.45) is 0 Å². The summed E-state index contributed by atoms with van der Waals surface area (Å²) < 4.78 is 13.7. The van der Waals surface area contributed by atoms with Crippen LogP contribution in [0.25, 0.3) is 27.6 Å². The molecule has 1 aliphatic heterocycles. The summed E-state index contributed by atoms with van der Waals surface area (Å²) >= 11 is 0. The summed E-state index contributed by atoms with van der Waals surface area (Å²) in [7, 11) is 0. The molecule has 1 aliphatic rings. The Morgan fingerprint density at radius 3 is 2.36 bits per heavy atom. The van der Waals surface area contributed by atoms with E-state index in [0.29, 0.717) is 22.7 Å². The van der Waals surface area contributed by atoms with Gasteiger partial charge in [0.1, 0.15) is 12.1 Å². The van der Waals surface area contributed by atoms with E-state index in [1.165, 1.54) is 5.69 Å². The zero-order chi connectivity index (χ0) is 26.0. The topological polar surface area (TPSA) is 77.3 Å². The number of morpholine rings is 1. The highest BCUT2D eigenvalue weighted by atomic mass is 16.5. The van der Waals surface area contributed by atoms with Gasteiger partial charge in [0.2, 0.25) is 0 Å².